The van der Waals surface area contributed by atoms with Gasteiger partial charge in [-0.05, 0) is 45.3 Å². The predicted molar refractivity (Wildman–Crippen MR) is 103 cm³/mol. The van der Waals surface area contributed by atoms with Gasteiger partial charge in [-0.1, -0.05) is 6.42 Å². The molecular weight excluding hydrogens is 371 g/mol. The van der Waals surface area contributed by atoms with Crippen molar-refractivity contribution in [2.24, 2.45) is 17.4 Å². The molecule has 0 aromatic carbocycles. The largest absolute Gasteiger partial charge is 0.451 e. The molecule has 27 heavy (non-hydrogen) atoms. The molecule has 3 atom stereocenters. The summed E-state index contributed by atoms with van der Waals surface area (Å²) in [6.07, 6.45) is 3.16. The van der Waals surface area contributed by atoms with Crippen LogP contribution in [0, 0.1) is 5.92 Å². The fraction of sp³-hybridized carbons (Fsp3) is 1.00. The van der Waals surface area contributed by atoms with Crippen molar-refractivity contribution in [2.45, 2.75) is 69.0 Å². The van der Waals surface area contributed by atoms with Crippen molar-refractivity contribution in [2.75, 3.05) is 26.3 Å². The van der Waals surface area contributed by atoms with Crippen molar-refractivity contribution in [3.8, 4) is 0 Å². The molecule has 1 saturated carbocycles. The van der Waals surface area contributed by atoms with E-state index < -0.39 is 28.4 Å². The van der Waals surface area contributed by atoms with Gasteiger partial charge >= 0.3 is 7.12 Å². The predicted octanol–water partition coefficient (Wildman–Crippen LogP) is -1.29. The number of hydrogen-bond donors (Lipinski definition) is 4. The topological polar surface area (TPSA) is 142 Å². The van der Waals surface area contributed by atoms with Crippen molar-refractivity contribution in [1.29, 1.82) is 0 Å². The SMILES string of the molecule is CC(N(C1COC1)S(=O)(=O)N1C[C@H](CCCB(O)O)[C@@](C)(N)C1)C1(N)CC1. The third kappa shape index (κ3) is 4.35. The molecule has 6 N–H and O–H groups in total. The van der Waals surface area contributed by atoms with Crippen LogP contribution in [-0.4, -0.2) is 83.7 Å². The van der Waals surface area contributed by atoms with Gasteiger partial charge in [-0.25, -0.2) is 0 Å². The van der Waals surface area contributed by atoms with Crippen molar-refractivity contribution in [3.05, 3.63) is 0 Å². The lowest BCUT2D eigenvalue weighted by Crippen LogP contribution is -2.63. The van der Waals surface area contributed by atoms with Gasteiger partial charge in [-0.3, -0.25) is 0 Å². The van der Waals surface area contributed by atoms with Crippen LogP contribution in [0.3, 0.4) is 0 Å². The Labute approximate surface area is 162 Å². The fourth-order valence-corrected chi connectivity index (χ4v) is 6.38. The summed E-state index contributed by atoms with van der Waals surface area (Å²) in [5, 5.41) is 18.1. The number of ether oxygens (including phenoxy) is 1. The molecule has 1 unspecified atom stereocenters. The summed E-state index contributed by atoms with van der Waals surface area (Å²) in [4.78, 5) is 0. The smallest absolute Gasteiger partial charge is 0.427 e. The first-order valence-electron chi connectivity index (χ1n) is 9.78. The van der Waals surface area contributed by atoms with Gasteiger partial charge in [0.1, 0.15) is 0 Å². The average Bonchev–Trinajstić information content (AvgIpc) is 3.18. The van der Waals surface area contributed by atoms with E-state index in [2.05, 4.69) is 0 Å². The lowest BCUT2D eigenvalue weighted by Gasteiger charge is -2.43. The summed E-state index contributed by atoms with van der Waals surface area (Å²) >= 11 is 0. The zero-order chi connectivity index (χ0) is 20.0. The van der Waals surface area contributed by atoms with Crippen LogP contribution in [-0.2, 0) is 14.9 Å². The molecule has 156 valence electrons. The quantitative estimate of drug-likeness (QED) is 0.351. The minimum absolute atomic E-state index is 0.0337. The van der Waals surface area contributed by atoms with E-state index in [1.165, 1.54) is 4.31 Å². The van der Waals surface area contributed by atoms with Crippen LogP contribution in [0.2, 0.25) is 6.32 Å². The first-order chi connectivity index (χ1) is 12.5. The highest BCUT2D eigenvalue weighted by Gasteiger charge is 2.55. The summed E-state index contributed by atoms with van der Waals surface area (Å²) in [7, 11) is -5.06. The van der Waals surface area contributed by atoms with E-state index >= 15 is 0 Å². The zero-order valence-corrected chi connectivity index (χ0v) is 17.1. The maximum atomic E-state index is 13.5. The highest BCUT2D eigenvalue weighted by Crippen LogP contribution is 2.42. The summed E-state index contributed by atoms with van der Waals surface area (Å²) < 4.78 is 35.3. The van der Waals surface area contributed by atoms with E-state index in [0.717, 1.165) is 12.8 Å². The summed E-state index contributed by atoms with van der Waals surface area (Å²) in [6.45, 7) is 5.13. The van der Waals surface area contributed by atoms with Gasteiger partial charge in [0.2, 0.25) is 0 Å². The molecule has 2 heterocycles. The molecule has 0 radical (unpaired) electrons. The van der Waals surface area contributed by atoms with Gasteiger partial charge in [0, 0.05) is 30.2 Å². The Hall–Kier alpha value is -0.265. The first-order valence-corrected chi connectivity index (χ1v) is 11.2. The van der Waals surface area contributed by atoms with Gasteiger partial charge in [0.05, 0.1) is 19.3 Å². The molecule has 3 fully saturated rings. The van der Waals surface area contributed by atoms with Crippen molar-refractivity contribution in [3.63, 3.8) is 0 Å². The minimum atomic E-state index is -3.72. The second-order valence-electron chi connectivity index (χ2n) is 8.84. The van der Waals surface area contributed by atoms with Crippen molar-refractivity contribution >= 4 is 17.3 Å². The first kappa shape index (κ1) is 21.4. The second-order valence-corrected chi connectivity index (χ2v) is 10.7. The van der Waals surface area contributed by atoms with Gasteiger partial charge in [0.25, 0.3) is 10.2 Å². The molecule has 0 bridgehead atoms. The van der Waals surface area contributed by atoms with Gasteiger partial charge < -0.3 is 26.3 Å². The molecular formula is C16H33BN4O5S. The van der Waals surface area contributed by atoms with Gasteiger partial charge in [0.15, 0.2) is 0 Å². The van der Waals surface area contributed by atoms with Crippen LogP contribution in [0.25, 0.3) is 0 Å². The Morgan fingerprint density at radius 1 is 1.33 bits per heavy atom. The molecule has 1 aliphatic carbocycles. The average molecular weight is 404 g/mol. The van der Waals surface area contributed by atoms with E-state index in [1.807, 2.05) is 13.8 Å². The summed E-state index contributed by atoms with van der Waals surface area (Å²) in [5.74, 6) is -0.0337. The standard InChI is InChI=1S/C16H33BN4O5S/c1-12(16(19)5-6-16)21(14-9-26-10-14)27(24,25)20-8-13(15(2,18)11-20)4-3-7-17(22)23/h12-14,22-23H,3-11,18-19H2,1-2H3/t12?,13-,15-/m0/s1. The Balaban J connectivity index is 1.74. The molecule has 0 aromatic heterocycles. The highest BCUT2D eigenvalue weighted by atomic mass is 32.2. The second kappa shape index (κ2) is 7.53. The molecule has 2 aliphatic heterocycles. The van der Waals surface area contributed by atoms with Gasteiger partial charge in [-0.15, -0.1) is 0 Å². The molecule has 0 spiro atoms. The Morgan fingerprint density at radius 3 is 2.44 bits per heavy atom. The van der Waals surface area contributed by atoms with E-state index in [0.29, 0.717) is 32.6 Å². The van der Waals surface area contributed by atoms with Crippen LogP contribution in [0.1, 0.15) is 39.5 Å². The molecule has 0 amide bonds. The van der Waals surface area contributed by atoms with Crippen LogP contribution >= 0.6 is 0 Å². The molecule has 3 aliphatic rings. The normalized spacial score (nSPS) is 32.5. The third-order valence-corrected chi connectivity index (χ3v) is 8.58. The number of nitrogens with two attached hydrogens (primary N) is 2. The minimum Gasteiger partial charge on any atom is -0.427 e. The molecule has 11 heteroatoms. The van der Waals surface area contributed by atoms with Crippen LogP contribution < -0.4 is 11.5 Å². The fourth-order valence-electron chi connectivity index (χ4n) is 4.20. The van der Waals surface area contributed by atoms with E-state index in [-0.39, 0.29) is 30.9 Å². The summed E-state index contributed by atoms with van der Waals surface area (Å²) in [5.41, 5.74) is 11.7. The van der Waals surface area contributed by atoms with Crippen LogP contribution in [0.15, 0.2) is 0 Å². The molecule has 2 saturated heterocycles. The third-order valence-electron chi connectivity index (χ3n) is 6.50. The molecule has 9 nitrogen and oxygen atoms in total. The number of hydrogen-bond acceptors (Lipinski definition) is 7. The van der Waals surface area contributed by atoms with Gasteiger partial charge in [-0.2, -0.15) is 17.0 Å². The van der Waals surface area contributed by atoms with E-state index in [9.17, 15) is 8.42 Å². The Bertz CT molecular complexity index is 639. The van der Waals surface area contributed by atoms with Crippen molar-refractivity contribution in [1.82, 2.24) is 8.61 Å². The Morgan fingerprint density at radius 2 is 1.96 bits per heavy atom. The maximum absolute atomic E-state index is 13.5. The molecule has 0 aromatic rings. The Kier molecular flexibility index (Phi) is 5.98. The summed E-state index contributed by atoms with van der Waals surface area (Å²) in [6, 6.07) is -0.470. The van der Waals surface area contributed by atoms with Crippen molar-refractivity contribution < 1.29 is 23.2 Å². The van der Waals surface area contributed by atoms with Crippen LogP contribution in [0.4, 0.5) is 0 Å². The lowest BCUT2D eigenvalue weighted by atomic mass is 9.79. The molecule has 3 rings (SSSR count). The highest BCUT2D eigenvalue weighted by molar-refractivity contribution is 7.86. The van der Waals surface area contributed by atoms with E-state index in [4.69, 9.17) is 26.3 Å². The number of nitrogens with zero attached hydrogens (tertiary/aromatic N) is 2. The number of rotatable bonds is 9. The van der Waals surface area contributed by atoms with E-state index in [1.54, 1.807) is 4.31 Å². The van der Waals surface area contributed by atoms with Crippen LogP contribution in [0.5, 0.6) is 0 Å². The monoisotopic (exact) mass is 404 g/mol. The lowest BCUT2D eigenvalue weighted by molar-refractivity contribution is -0.0501. The zero-order valence-electron chi connectivity index (χ0n) is 16.2. The maximum Gasteiger partial charge on any atom is 0.451 e.